The molecule has 1 aliphatic carbocycles. The minimum atomic E-state index is -3.74. The van der Waals surface area contributed by atoms with Crippen molar-refractivity contribution in [2.24, 2.45) is 0 Å². The zero-order valence-corrected chi connectivity index (χ0v) is 17.4. The van der Waals surface area contributed by atoms with Crippen molar-refractivity contribution in [3.63, 3.8) is 0 Å². The van der Waals surface area contributed by atoms with Gasteiger partial charge in [0.2, 0.25) is 10.0 Å². The maximum Gasteiger partial charge on any atom is 0.338 e. The van der Waals surface area contributed by atoms with E-state index >= 15 is 0 Å². The van der Waals surface area contributed by atoms with E-state index in [4.69, 9.17) is 10.00 Å². The van der Waals surface area contributed by atoms with Crippen LogP contribution in [0.1, 0.15) is 55.8 Å². The molecule has 1 aromatic rings. The predicted octanol–water partition coefficient (Wildman–Crippen LogP) is 2.22. The minimum Gasteiger partial charge on any atom is -0.452 e. The van der Waals surface area contributed by atoms with Gasteiger partial charge in [-0.1, -0.05) is 19.3 Å². The number of ether oxygens (including phenoxy) is 1. The van der Waals surface area contributed by atoms with Gasteiger partial charge < -0.3 is 9.64 Å². The Hall–Kier alpha value is -2.44. The summed E-state index contributed by atoms with van der Waals surface area (Å²) < 4.78 is 31.6. The SMILES string of the molecule is CCN(C(=O)COC(=O)c1ccc(S(=O)(=O)NCCC#N)cc1)C1CCCCC1. The molecule has 1 N–H and O–H groups in total. The van der Waals surface area contributed by atoms with Crippen molar-refractivity contribution in [3.8, 4) is 6.07 Å². The van der Waals surface area contributed by atoms with Crippen molar-refractivity contribution < 1.29 is 22.7 Å². The van der Waals surface area contributed by atoms with E-state index in [9.17, 15) is 18.0 Å². The van der Waals surface area contributed by atoms with Gasteiger partial charge in [0, 0.05) is 25.6 Å². The first-order chi connectivity index (χ1) is 13.9. The van der Waals surface area contributed by atoms with Gasteiger partial charge in [-0.05, 0) is 44.0 Å². The zero-order chi connectivity index (χ0) is 21.3. The van der Waals surface area contributed by atoms with Gasteiger partial charge in [0.15, 0.2) is 6.61 Å². The van der Waals surface area contributed by atoms with E-state index in [2.05, 4.69) is 4.72 Å². The third-order valence-electron chi connectivity index (χ3n) is 4.93. The van der Waals surface area contributed by atoms with Gasteiger partial charge >= 0.3 is 5.97 Å². The van der Waals surface area contributed by atoms with Crippen molar-refractivity contribution in [1.82, 2.24) is 9.62 Å². The van der Waals surface area contributed by atoms with E-state index in [1.165, 1.54) is 30.7 Å². The summed E-state index contributed by atoms with van der Waals surface area (Å²) >= 11 is 0. The van der Waals surface area contributed by atoms with Gasteiger partial charge in [0.1, 0.15) is 0 Å². The molecule has 29 heavy (non-hydrogen) atoms. The molecule has 0 heterocycles. The number of esters is 1. The number of nitrogens with zero attached hydrogens (tertiary/aromatic N) is 2. The number of benzene rings is 1. The molecule has 0 aliphatic heterocycles. The number of nitrogens with one attached hydrogen (secondary N) is 1. The van der Waals surface area contributed by atoms with Gasteiger partial charge in [0.25, 0.3) is 5.91 Å². The summed E-state index contributed by atoms with van der Waals surface area (Å²) in [5, 5.41) is 8.48. The molecule has 2 rings (SSSR count). The highest BCUT2D eigenvalue weighted by molar-refractivity contribution is 7.89. The zero-order valence-electron chi connectivity index (χ0n) is 16.6. The molecule has 1 saturated carbocycles. The molecule has 1 amide bonds. The maximum atomic E-state index is 12.5. The van der Waals surface area contributed by atoms with Crippen LogP contribution >= 0.6 is 0 Å². The number of carbonyl (C=O) groups is 2. The second-order valence-electron chi connectivity index (χ2n) is 6.88. The van der Waals surface area contributed by atoms with Crippen LogP contribution in [0.2, 0.25) is 0 Å². The van der Waals surface area contributed by atoms with Crippen molar-refractivity contribution >= 4 is 21.9 Å². The van der Waals surface area contributed by atoms with Crippen molar-refractivity contribution in [2.75, 3.05) is 19.7 Å². The summed E-state index contributed by atoms with van der Waals surface area (Å²) in [7, 11) is -3.74. The first-order valence-electron chi connectivity index (χ1n) is 9.82. The molecule has 0 bridgehead atoms. The fourth-order valence-corrected chi connectivity index (χ4v) is 4.45. The first-order valence-corrected chi connectivity index (χ1v) is 11.3. The van der Waals surface area contributed by atoms with Crippen LogP contribution in [-0.2, 0) is 19.6 Å². The van der Waals surface area contributed by atoms with Crippen LogP contribution in [0.3, 0.4) is 0 Å². The van der Waals surface area contributed by atoms with Crippen molar-refractivity contribution in [2.45, 2.75) is 56.4 Å². The van der Waals surface area contributed by atoms with Crippen LogP contribution in [0.25, 0.3) is 0 Å². The Morgan fingerprint density at radius 3 is 2.45 bits per heavy atom. The molecule has 0 spiro atoms. The van der Waals surface area contributed by atoms with Crippen LogP contribution in [0.5, 0.6) is 0 Å². The highest BCUT2D eigenvalue weighted by Crippen LogP contribution is 2.22. The molecule has 0 unspecified atom stereocenters. The molecule has 0 saturated heterocycles. The maximum absolute atomic E-state index is 12.5. The second kappa shape index (κ2) is 10.9. The van der Waals surface area contributed by atoms with Crippen LogP contribution in [0, 0.1) is 11.3 Å². The Kier molecular flexibility index (Phi) is 8.61. The summed E-state index contributed by atoms with van der Waals surface area (Å²) in [6, 6.07) is 7.30. The van der Waals surface area contributed by atoms with Gasteiger partial charge in [0.05, 0.1) is 16.5 Å². The van der Waals surface area contributed by atoms with Gasteiger partial charge in [-0.2, -0.15) is 5.26 Å². The van der Waals surface area contributed by atoms with Crippen molar-refractivity contribution in [1.29, 1.82) is 5.26 Å². The molecule has 0 atom stereocenters. The molecule has 158 valence electrons. The summed E-state index contributed by atoms with van der Waals surface area (Å²) in [5.74, 6) is -0.895. The Morgan fingerprint density at radius 1 is 1.21 bits per heavy atom. The van der Waals surface area contributed by atoms with Gasteiger partial charge in [-0.3, -0.25) is 4.79 Å². The Labute approximate surface area is 171 Å². The number of carbonyl (C=O) groups excluding carboxylic acids is 2. The molecule has 1 aliphatic rings. The number of rotatable bonds is 9. The van der Waals surface area contributed by atoms with Crippen molar-refractivity contribution in [3.05, 3.63) is 29.8 Å². The lowest BCUT2D eigenvalue weighted by molar-refractivity contribution is -0.137. The molecule has 9 heteroatoms. The molecule has 0 aromatic heterocycles. The minimum absolute atomic E-state index is 0.0136. The third-order valence-corrected chi connectivity index (χ3v) is 6.41. The van der Waals surface area contributed by atoms with Crippen LogP contribution in [-0.4, -0.2) is 50.9 Å². The van der Waals surface area contributed by atoms with E-state index in [0.717, 1.165) is 25.7 Å². The van der Waals surface area contributed by atoms with Gasteiger partial charge in [-0.15, -0.1) is 0 Å². The molecular weight excluding hydrogens is 394 g/mol. The van der Waals surface area contributed by atoms with E-state index < -0.39 is 16.0 Å². The smallest absolute Gasteiger partial charge is 0.338 e. The predicted molar refractivity (Wildman–Crippen MR) is 106 cm³/mol. The van der Waals surface area contributed by atoms with Crippen LogP contribution < -0.4 is 4.72 Å². The lowest BCUT2D eigenvalue weighted by atomic mass is 9.94. The highest BCUT2D eigenvalue weighted by atomic mass is 32.2. The Morgan fingerprint density at radius 2 is 1.86 bits per heavy atom. The molecule has 0 radical (unpaired) electrons. The Balaban J connectivity index is 1.91. The van der Waals surface area contributed by atoms with Gasteiger partial charge in [-0.25, -0.2) is 17.9 Å². The third kappa shape index (κ3) is 6.54. The Bertz CT molecular complexity index is 840. The monoisotopic (exact) mass is 421 g/mol. The number of nitriles is 1. The normalized spacial score (nSPS) is 14.8. The van der Waals surface area contributed by atoms with E-state index in [1.807, 2.05) is 13.0 Å². The van der Waals surface area contributed by atoms with Crippen LogP contribution in [0.15, 0.2) is 29.2 Å². The number of hydrogen-bond acceptors (Lipinski definition) is 6. The number of amides is 1. The second-order valence-corrected chi connectivity index (χ2v) is 8.64. The molecular formula is C20H27N3O5S. The fraction of sp³-hybridized carbons (Fsp3) is 0.550. The number of likely N-dealkylation sites (N-methyl/N-ethyl adjacent to an activating group) is 1. The molecule has 8 nitrogen and oxygen atoms in total. The quantitative estimate of drug-likeness (QED) is 0.483. The molecule has 1 fully saturated rings. The number of hydrogen-bond donors (Lipinski definition) is 1. The average Bonchev–Trinajstić information content (AvgIpc) is 2.73. The highest BCUT2D eigenvalue weighted by Gasteiger charge is 2.25. The van der Waals surface area contributed by atoms with E-state index in [-0.39, 0.29) is 42.0 Å². The lowest BCUT2D eigenvalue weighted by Gasteiger charge is -2.33. The topological polar surface area (TPSA) is 117 Å². The van der Waals surface area contributed by atoms with E-state index in [1.54, 1.807) is 4.90 Å². The largest absolute Gasteiger partial charge is 0.452 e. The molecule has 1 aromatic carbocycles. The summed E-state index contributed by atoms with van der Waals surface area (Å²) in [4.78, 5) is 26.4. The average molecular weight is 422 g/mol. The van der Waals surface area contributed by atoms with E-state index in [0.29, 0.717) is 6.54 Å². The lowest BCUT2D eigenvalue weighted by Crippen LogP contribution is -2.43. The number of sulfonamides is 1. The first kappa shape index (κ1) is 22.8. The summed E-state index contributed by atoms with van der Waals surface area (Å²) in [5.41, 5.74) is 0.162. The summed E-state index contributed by atoms with van der Waals surface area (Å²) in [6.07, 6.45) is 5.42. The standard InChI is InChI=1S/C20H27N3O5S/c1-2-23(17-7-4-3-5-8-17)19(24)15-28-20(25)16-9-11-18(12-10-16)29(26,27)22-14-6-13-21/h9-12,17,22H,2-8,14-15H2,1H3. The summed E-state index contributed by atoms with van der Waals surface area (Å²) in [6.45, 7) is 2.17. The van der Waals surface area contributed by atoms with Crippen LogP contribution in [0.4, 0.5) is 0 Å². The fourth-order valence-electron chi connectivity index (χ4n) is 3.42.